The van der Waals surface area contributed by atoms with Crippen LogP contribution in [0.1, 0.15) is 36.0 Å². The van der Waals surface area contributed by atoms with Gasteiger partial charge in [0.1, 0.15) is 10.2 Å². The lowest BCUT2D eigenvalue weighted by Crippen LogP contribution is -2.40. The fourth-order valence-corrected chi connectivity index (χ4v) is 4.45. The second kappa shape index (κ2) is 8.41. The van der Waals surface area contributed by atoms with Gasteiger partial charge in [0, 0.05) is 32.4 Å². The van der Waals surface area contributed by atoms with Crippen LogP contribution in [0.5, 0.6) is 0 Å². The maximum Gasteiger partial charge on any atom is 0.253 e. The Morgan fingerprint density at radius 3 is 2.54 bits per heavy atom. The van der Waals surface area contributed by atoms with Crippen LogP contribution in [0.4, 0.5) is 11.8 Å². The quantitative estimate of drug-likeness (QED) is 0.772. The molecule has 26 heavy (non-hydrogen) atoms. The van der Waals surface area contributed by atoms with E-state index in [2.05, 4.69) is 20.6 Å². The van der Waals surface area contributed by atoms with Crippen molar-refractivity contribution in [1.29, 1.82) is 0 Å². The number of aromatic nitrogens is 2. The molecule has 2 heterocycles. The number of hydrogen-bond acceptors (Lipinski definition) is 6. The Labute approximate surface area is 166 Å². The highest BCUT2D eigenvalue weighted by atomic mass is 35.5. The zero-order valence-corrected chi connectivity index (χ0v) is 17.0. The van der Waals surface area contributed by atoms with Crippen molar-refractivity contribution in [1.82, 2.24) is 15.3 Å². The lowest BCUT2D eigenvalue weighted by Gasteiger charge is -2.29. The van der Waals surface area contributed by atoms with Crippen LogP contribution in [0.2, 0.25) is 8.67 Å². The maximum atomic E-state index is 12.3. The first-order valence-corrected chi connectivity index (χ1v) is 10.0. The molecule has 2 N–H and O–H groups in total. The zero-order valence-electron chi connectivity index (χ0n) is 14.6. The molecule has 0 radical (unpaired) electrons. The number of rotatable bonds is 5. The molecule has 1 saturated carbocycles. The number of halogens is 2. The van der Waals surface area contributed by atoms with E-state index in [0.717, 1.165) is 31.5 Å². The largest absolute Gasteiger partial charge is 0.363 e. The summed E-state index contributed by atoms with van der Waals surface area (Å²) in [5, 5.41) is 6.45. The second-order valence-corrected chi connectivity index (χ2v) is 8.82. The van der Waals surface area contributed by atoms with Gasteiger partial charge in [0.25, 0.3) is 5.91 Å². The van der Waals surface area contributed by atoms with E-state index >= 15 is 0 Å². The SMILES string of the molecule is CN(C)c1ccnc(N[C@H]2CC[C@@H](NC(=O)c3cc(Cl)sc3Cl)CC2)n1. The monoisotopic (exact) mass is 413 g/mol. The molecule has 0 aromatic carbocycles. The third-order valence-electron chi connectivity index (χ3n) is 4.40. The van der Waals surface area contributed by atoms with Gasteiger partial charge in [-0.2, -0.15) is 4.98 Å². The van der Waals surface area contributed by atoms with E-state index in [0.29, 0.717) is 26.2 Å². The molecule has 1 fully saturated rings. The van der Waals surface area contributed by atoms with Crippen LogP contribution in [0.25, 0.3) is 0 Å². The summed E-state index contributed by atoms with van der Waals surface area (Å²) in [6.07, 6.45) is 5.43. The average Bonchev–Trinajstić information content (AvgIpc) is 2.95. The summed E-state index contributed by atoms with van der Waals surface area (Å²) in [5.74, 6) is 1.36. The first kappa shape index (κ1) is 19.2. The second-order valence-electron chi connectivity index (χ2n) is 6.54. The van der Waals surface area contributed by atoms with Crippen LogP contribution in [0.15, 0.2) is 18.3 Å². The number of anilines is 2. The van der Waals surface area contributed by atoms with Crippen molar-refractivity contribution >= 4 is 52.2 Å². The Morgan fingerprint density at radius 2 is 1.92 bits per heavy atom. The summed E-state index contributed by atoms with van der Waals surface area (Å²) in [6, 6.07) is 3.94. The molecule has 0 saturated heterocycles. The van der Waals surface area contributed by atoms with Crippen molar-refractivity contribution in [3.63, 3.8) is 0 Å². The minimum Gasteiger partial charge on any atom is -0.363 e. The minimum absolute atomic E-state index is 0.143. The van der Waals surface area contributed by atoms with Crippen LogP contribution in [0.3, 0.4) is 0 Å². The van der Waals surface area contributed by atoms with Crippen LogP contribution in [-0.2, 0) is 0 Å². The highest BCUT2D eigenvalue weighted by Crippen LogP contribution is 2.31. The molecule has 0 aliphatic heterocycles. The normalized spacial score (nSPS) is 19.8. The van der Waals surface area contributed by atoms with Crippen molar-refractivity contribution < 1.29 is 4.79 Å². The summed E-state index contributed by atoms with van der Waals surface area (Å²) >= 11 is 13.2. The number of nitrogens with zero attached hydrogens (tertiary/aromatic N) is 3. The molecule has 1 aliphatic carbocycles. The molecule has 9 heteroatoms. The number of carbonyl (C=O) groups excluding carboxylic acids is 1. The van der Waals surface area contributed by atoms with E-state index in [1.54, 1.807) is 12.3 Å². The Bertz CT molecular complexity index is 774. The lowest BCUT2D eigenvalue weighted by molar-refractivity contribution is 0.0927. The van der Waals surface area contributed by atoms with E-state index in [9.17, 15) is 4.79 Å². The molecule has 2 aromatic heterocycles. The van der Waals surface area contributed by atoms with E-state index in [-0.39, 0.29) is 11.9 Å². The minimum atomic E-state index is -0.156. The van der Waals surface area contributed by atoms with Crippen molar-refractivity contribution in [3.05, 3.63) is 32.6 Å². The third kappa shape index (κ3) is 4.78. The molecule has 0 unspecified atom stereocenters. The molecule has 1 aliphatic rings. The fraction of sp³-hybridized carbons (Fsp3) is 0.471. The fourth-order valence-electron chi connectivity index (χ4n) is 2.99. The average molecular weight is 414 g/mol. The van der Waals surface area contributed by atoms with Crippen LogP contribution < -0.4 is 15.5 Å². The molecular formula is C17H21Cl2N5OS. The molecular weight excluding hydrogens is 393 g/mol. The van der Waals surface area contributed by atoms with Gasteiger partial charge in [-0.05, 0) is 37.8 Å². The van der Waals surface area contributed by atoms with Gasteiger partial charge in [-0.1, -0.05) is 23.2 Å². The highest BCUT2D eigenvalue weighted by molar-refractivity contribution is 7.20. The van der Waals surface area contributed by atoms with E-state index < -0.39 is 0 Å². The molecule has 2 aromatic rings. The smallest absolute Gasteiger partial charge is 0.253 e. The van der Waals surface area contributed by atoms with Crippen LogP contribution >= 0.6 is 34.5 Å². The number of amides is 1. The van der Waals surface area contributed by atoms with E-state index in [4.69, 9.17) is 23.2 Å². The van der Waals surface area contributed by atoms with Crippen LogP contribution in [-0.4, -0.2) is 42.1 Å². The van der Waals surface area contributed by atoms with Crippen molar-refractivity contribution in [2.45, 2.75) is 37.8 Å². The van der Waals surface area contributed by atoms with Gasteiger partial charge in [-0.3, -0.25) is 4.79 Å². The molecule has 0 atom stereocenters. The van der Waals surface area contributed by atoms with Crippen LogP contribution in [0, 0.1) is 0 Å². The first-order valence-electron chi connectivity index (χ1n) is 8.45. The van der Waals surface area contributed by atoms with Crippen molar-refractivity contribution in [2.75, 3.05) is 24.3 Å². The van der Waals surface area contributed by atoms with E-state index in [1.165, 1.54) is 11.3 Å². The zero-order chi connectivity index (χ0) is 18.7. The maximum absolute atomic E-state index is 12.3. The number of thiophene rings is 1. The Morgan fingerprint density at radius 1 is 1.23 bits per heavy atom. The van der Waals surface area contributed by atoms with Gasteiger partial charge < -0.3 is 15.5 Å². The Balaban J connectivity index is 1.50. The molecule has 6 nitrogen and oxygen atoms in total. The summed E-state index contributed by atoms with van der Waals surface area (Å²) < 4.78 is 0.953. The van der Waals surface area contributed by atoms with Gasteiger partial charge in [-0.25, -0.2) is 4.98 Å². The number of nitrogens with one attached hydrogen (secondary N) is 2. The Hall–Kier alpha value is -1.57. The van der Waals surface area contributed by atoms with Gasteiger partial charge in [0.2, 0.25) is 5.95 Å². The van der Waals surface area contributed by atoms with Crippen molar-refractivity contribution in [2.24, 2.45) is 0 Å². The number of hydrogen-bond donors (Lipinski definition) is 2. The molecule has 0 spiro atoms. The standard InChI is InChI=1S/C17H21Cl2N5OS/c1-24(2)14-7-8-20-17(23-14)22-11-5-3-10(4-6-11)21-16(25)12-9-13(18)26-15(12)19/h7-11H,3-6H2,1-2H3,(H,21,25)(H,20,22,23)/t10-,11+. The topological polar surface area (TPSA) is 70.2 Å². The van der Waals surface area contributed by atoms with Crippen molar-refractivity contribution in [3.8, 4) is 0 Å². The molecule has 1 amide bonds. The third-order valence-corrected chi connectivity index (χ3v) is 5.88. The summed E-state index contributed by atoms with van der Waals surface area (Å²) in [6.45, 7) is 0. The summed E-state index contributed by atoms with van der Waals surface area (Å²) in [5.41, 5.74) is 0.454. The number of carbonyl (C=O) groups is 1. The predicted octanol–water partition coefficient (Wildman–Crippen LogP) is 4.06. The van der Waals surface area contributed by atoms with Gasteiger partial charge in [0.15, 0.2) is 0 Å². The lowest BCUT2D eigenvalue weighted by atomic mass is 9.91. The molecule has 140 valence electrons. The highest BCUT2D eigenvalue weighted by Gasteiger charge is 2.24. The van der Waals surface area contributed by atoms with E-state index in [1.807, 2.05) is 25.1 Å². The molecule has 3 rings (SSSR count). The summed E-state index contributed by atoms with van der Waals surface area (Å²) in [4.78, 5) is 23.1. The predicted molar refractivity (Wildman–Crippen MR) is 108 cm³/mol. The summed E-state index contributed by atoms with van der Waals surface area (Å²) in [7, 11) is 3.90. The first-order chi connectivity index (χ1) is 12.4. The molecule has 0 bridgehead atoms. The van der Waals surface area contributed by atoms with Gasteiger partial charge >= 0.3 is 0 Å². The van der Waals surface area contributed by atoms with Gasteiger partial charge in [-0.15, -0.1) is 11.3 Å². The van der Waals surface area contributed by atoms with Gasteiger partial charge in [0.05, 0.1) is 9.90 Å². The Kier molecular flexibility index (Phi) is 6.21.